The normalized spacial score (nSPS) is 18.3. The van der Waals surface area contributed by atoms with Crippen LogP contribution in [0.3, 0.4) is 0 Å². The smallest absolute Gasteiger partial charge is 0.238 e. The van der Waals surface area contributed by atoms with E-state index in [1.165, 1.54) is 18.3 Å². The second-order valence-corrected chi connectivity index (χ2v) is 8.90. The number of nitrogens with zero attached hydrogens (tertiary/aromatic N) is 3. The van der Waals surface area contributed by atoms with E-state index in [-0.39, 0.29) is 34.7 Å². The molecule has 5 nitrogen and oxygen atoms in total. The van der Waals surface area contributed by atoms with Gasteiger partial charge in [0.25, 0.3) is 0 Å². The molecular formula is C29H29CoF2N3O2. The Kier molecular flexibility index (Phi) is 8.88. The van der Waals surface area contributed by atoms with Crippen molar-refractivity contribution >= 4 is 17.8 Å². The summed E-state index contributed by atoms with van der Waals surface area (Å²) in [7, 11) is 1.59. The first-order valence-electron chi connectivity index (χ1n) is 11.8. The van der Waals surface area contributed by atoms with Gasteiger partial charge in [0.15, 0.2) is 0 Å². The molecule has 3 aromatic carbocycles. The molecule has 1 radical (unpaired) electrons. The van der Waals surface area contributed by atoms with Crippen LogP contribution in [0.4, 0.5) is 14.5 Å². The van der Waals surface area contributed by atoms with Crippen molar-refractivity contribution in [1.82, 2.24) is 0 Å². The van der Waals surface area contributed by atoms with Crippen molar-refractivity contribution in [3.8, 4) is 5.75 Å². The second-order valence-electron chi connectivity index (χ2n) is 8.90. The number of ether oxygens (including phenoxy) is 1. The number of anilines is 1. The van der Waals surface area contributed by atoms with Crippen molar-refractivity contribution in [2.45, 2.75) is 32.6 Å². The van der Waals surface area contributed by atoms with E-state index in [0.29, 0.717) is 23.4 Å². The molecule has 1 aliphatic heterocycles. The SMILES string of the molecule is CCN1\C(=C/C=N/N=C(\O)c2ccccc2)C(C)(Cc2c(F)ccc(C)c2F)c2cc(OC)ccc21.[Co]. The van der Waals surface area contributed by atoms with Crippen molar-refractivity contribution in [3.63, 3.8) is 0 Å². The molecule has 1 aliphatic rings. The average molecular weight is 548 g/mol. The quantitative estimate of drug-likeness (QED) is 0.209. The van der Waals surface area contributed by atoms with Crippen LogP contribution in [0.5, 0.6) is 5.75 Å². The summed E-state index contributed by atoms with van der Waals surface area (Å²) in [6.45, 7) is 6.24. The second kappa shape index (κ2) is 11.7. The van der Waals surface area contributed by atoms with Crippen LogP contribution in [-0.2, 0) is 28.6 Å². The van der Waals surface area contributed by atoms with Gasteiger partial charge >= 0.3 is 0 Å². The van der Waals surface area contributed by atoms with Crippen LogP contribution in [0.15, 0.2) is 82.6 Å². The Labute approximate surface area is 226 Å². The van der Waals surface area contributed by atoms with Crippen LogP contribution >= 0.6 is 0 Å². The molecule has 37 heavy (non-hydrogen) atoms. The maximum absolute atomic E-state index is 15.1. The summed E-state index contributed by atoms with van der Waals surface area (Å²) in [5.41, 5.74) is 2.84. The summed E-state index contributed by atoms with van der Waals surface area (Å²) < 4.78 is 35.4. The first kappa shape index (κ1) is 28.1. The standard InChI is InChI=1S/C29H29F2N3O2.Co/c1-5-34-25-14-12-21(36-4)17-23(25)29(3,18-22-24(30)13-11-19(2)27(22)31)26(34)15-16-32-33-28(35)20-9-7-6-8-10-20;/h6-17H,5,18H2,1-4H3,(H,33,35);/b26-15-,32-16+;. The van der Waals surface area contributed by atoms with E-state index in [4.69, 9.17) is 4.74 Å². The predicted molar refractivity (Wildman–Crippen MR) is 140 cm³/mol. The Morgan fingerprint density at radius 3 is 2.51 bits per heavy atom. The summed E-state index contributed by atoms with van der Waals surface area (Å²) in [6, 6.07) is 17.4. The van der Waals surface area contributed by atoms with Gasteiger partial charge < -0.3 is 14.7 Å². The van der Waals surface area contributed by atoms with Crippen LogP contribution in [-0.4, -0.2) is 30.9 Å². The molecule has 0 aromatic heterocycles. The third kappa shape index (κ3) is 5.45. The first-order chi connectivity index (χ1) is 17.3. The number of halogens is 2. The van der Waals surface area contributed by atoms with Gasteiger partial charge in [-0.1, -0.05) is 24.3 Å². The molecule has 3 aromatic rings. The van der Waals surface area contributed by atoms with E-state index in [2.05, 4.69) is 15.1 Å². The van der Waals surface area contributed by atoms with E-state index >= 15 is 4.39 Å². The van der Waals surface area contributed by atoms with Gasteiger partial charge in [-0.25, -0.2) is 8.78 Å². The van der Waals surface area contributed by atoms with E-state index in [1.807, 2.05) is 38.1 Å². The minimum atomic E-state index is -0.785. The number of aliphatic hydroxyl groups excluding tert-OH is 1. The van der Waals surface area contributed by atoms with Gasteiger partial charge in [0.05, 0.1) is 13.3 Å². The maximum Gasteiger partial charge on any atom is 0.238 e. The first-order valence-corrected chi connectivity index (χ1v) is 11.8. The number of fused-ring (bicyclic) bond motifs is 1. The van der Waals surface area contributed by atoms with Gasteiger partial charge in [0.2, 0.25) is 5.90 Å². The number of aliphatic hydroxyl groups is 1. The van der Waals surface area contributed by atoms with Crippen LogP contribution in [0.2, 0.25) is 0 Å². The number of allylic oxidation sites excluding steroid dienone is 2. The van der Waals surface area contributed by atoms with Crippen LogP contribution < -0.4 is 9.64 Å². The molecule has 8 heteroatoms. The predicted octanol–water partition coefficient (Wildman–Crippen LogP) is 6.49. The van der Waals surface area contributed by atoms with E-state index in [1.54, 1.807) is 44.4 Å². The number of hydrogen-bond acceptors (Lipinski definition) is 4. The fraction of sp³-hybridized carbons (Fsp3) is 0.241. The molecule has 0 saturated heterocycles. The van der Waals surface area contributed by atoms with Crippen molar-refractivity contribution in [2.24, 2.45) is 10.2 Å². The molecule has 0 bridgehead atoms. The van der Waals surface area contributed by atoms with E-state index < -0.39 is 17.0 Å². The van der Waals surface area contributed by atoms with Crippen molar-refractivity contribution in [1.29, 1.82) is 0 Å². The zero-order valence-corrected chi connectivity index (χ0v) is 22.2. The molecule has 1 unspecified atom stereocenters. The molecule has 1 N–H and O–H groups in total. The number of aryl methyl sites for hydroxylation is 1. The van der Waals surface area contributed by atoms with E-state index in [9.17, 15) is 9.50 Å². The molecule has 195 valence electrons. The molecule has 1 atom stereocenters. The third-order valence-corrected chi connectivity index (χ3v) is 6.65. The Bertz CT molecular complexity index is 1360. The van der Waals surface area contributed by atoms with Crippen LogP contribution in [0.25, 0.3) is 0 Å². The molecule has 4 rings (SSSR count). The number of benzene rings is 3. The molecule has 0 aliphatic carbocycles. The monoisotopic (exact) mass is 548 g/mol. The Hall–Kier alpha value is -3.49. The largest absolute Gasteiger partial charge is 0.497 e. The summed E-state index contributed by atoms with van der Waals surface area (Å²) in [6.07, 6.45) is 3.37. The van der Waals surface area contributed by atoms with Gasteiger partial charge in [-0.05, 0) is 80.8 Å². The molecule has 1 heterocycles. The number of likely N-dealkylation sites (N-methyl/N-ethyl adjacent to an activating group) is 1. The van der Waals surface area contributed by atoms with Gasteiger partial charge in [0, 0.05) is 51.2 Å². The summed E-state index contributed by atoms with van der Waals surface area (Å²) in [4.78, 5) is 2.09. The molecule has 0 amide bonds. The molecule has 0 fully saturated rings. The number of methoxy groups -OCH3 is 1. The summed E-state index contributed by atoms with van der Waals surface area (Å²) in [5.74, 6) is -0.664. The Morgan fingerprint density at radius 2 is 1.84 bits per heavy atom. The van der Waals surface area contributed by atoms with Crippen LogP contribution in [0, 0.1) is 18.6 Å². The Morgan fingerprint density at radius 1 is 1.11 bits per heavy atom. The van der Waals surface area contributed by atoms with Crippen molar-refractivity contribution < 1.29 is 35.4 Å². The molecule has 0 spiro atoms. The Balaban J connectivity index is 0.00000380. The number of rotatable bonds is 7. The fourth-order valence-electron chi connectivity index (χ4n) is 4.75. The van der Waals surface area contributed by atoms with Crippen molar-refractivity contribution in [2.75, 3.05) is 18.6 Å². The number of hydrogen-bond donors (Lipinski definition) is 1. The van der Waals surface area contributed by atoms with Gasteiger partial charge in [0.1, 0.15) is 17.4 Å². The van der Waals surface area contributed by atoms with Gasteiger partial charge in [-0.2, -0.15) is 5.10 Å². The third-order valence-electron chi connectivity index (χ3n) is 6.65. The average Bonchev–Trinajstić information content (AvgIpc) is 3.13. The topological polar surface area (TPSA) is 57.4 Å². The van der Waals surface area contributed by atoms with E-state index in [0.717, 1.165) is 16.9 Å². The minimum Gasteiger partial charge on any atom is -0.497 e. The summed E-state index contributed by atoms with van der Waals surface area (Å²) in [5, 5.41) is 18.1. The zero-order chi connectivity index (χ0) is 25.9. The molecular weight excluding hydrogens is 519 g/mol. The van der Waals surface area contributed by atoms with Gasteiger partial charge in [-0.3, -0.25) is 0 Å². The summed E-state index contributed by atoms with van der Waals surface area (Å²) >= 11 is 0. The molecule has 0 saturated carbocycles. The zero-order valence-electron chi connectivity index (χ0n) is 21.1. The van der Waals surface area contributed by atoms with Crippen molar-refractivity contribution in [3.05, 3.63) is 106 Å². The fourth-order valence-corrected chi connectivity index (χ4v) is 4.75. The van der Waals surface area contributed by atoms with Gasteiger partial charge in [-0.15, -0.1) is 5.10 Å². The minimum absolute atomic E-state index is 0. The maximum atomic E-state index is 15.1. The van der Waals surface area contributed by atoms with Crippen LogP contribution in [0.1, 0.15) is 36.1 Å².